The molecule has 2 nitrogen and oxygen atoms in total. The summed E-state index contributed by atoms with van der Waals surface area (Å²) in [5, 5.41) is 0. The highest BCUT2D eigenvalue weighted by Crippen LogP contribution is 2.13. The van der Waals surface area contributed by atoms with Crippen LogP contribution in [0.4, 0.5) is 0 Å². The van der Waals surface area contributed by atoms with E-state index in [1.54, 1.807) is 5.82 Å². The third kappa shape index (κ3) is 15.1. The molecule has 0 amide bonds. The first-order valence-corrected chi connectivity index (χ1v) is 14.9. The molecular formula is C30H59N2+. The van der Waals surface area contributed by atoms with Crippen molar-refractivity contribution in [2.24, 2.45) is 0 Å². The standard InChI is InChI=1S/C30H59N2/c1-4-7-10-13-16-17-19-22-25-30-31(26-23-20-15-12-9-6-3)28-29-32(30)27-24-21-18-14-11-8-5-2/h28-29H,4-27H2,1-3H3/q+1. The predicted molar refractivity (Wildman–Crippen MR) is 142 cm³/mol. The lowest BCUT2D eigenvalue weighted by atomic mass is 10.1. The van der Waals surface area contributed by atoms with Gasteiger partial charge in [0.25, 0.3) is 5.82 Å². The van der Waals surface area contributed by atoms with Crippen molar-refractivity contribution in [3.05, 3.63) is 18.2 Å². The minimum atomic E-state index is 1.22. The van der Waals surface area contributed by atoms with E-state index < -0.39 is 0 Å². The lowest BCUT2D eigenvalue weighted by Crippen LogP contribution is -2.37. The predicted octanol–water partition coefficient (Wildman–Crippen LogP) is 9.57. The Kier molecular flexibility index (Phi) is 20.1. The maximum Gasteiger partial charge on any atom is 0.256 e. The molecule has 0 saturated heterocycles. The summed E-state index contributed by atoms with van der Waals surface area (Å²) in [5.74, 6) is 1.61. The third-order valence-electron chi connectivity index (χ3n) is 7.10. The molecule has 1 aromatic heterocycles. The Morgan fingerprint density at radius 2 is 0.969 bits per heavy atom. The second-order valence-corrected chi connectivity index (χ2v) is 10.2. The molecule has 0 radical (unpaired) electrons. The molecule has 188 valence electrons. The van der Waals surface area contributed by atoms with E-state index in [0.29, 0.717) is 0 Å². The van der Waals surface area contributed by atoms with Crippen molar-refractivity contribution >= 4 is 0 Å². The van der Waals surface area contributed by atoms with E-state index in [4.69, 9.17) is 0 Å². The molecule has 1 heterocycles. The number of imidazole rings is 1. The minimum absolute atomic E-state index is 1.22. The van der Waals surface area contributed by atoms with Crippen molar-refractivity contribution in [1.29, 1.82) is 0 Å². The molecule has 0 unspecified atom stereocenters. The maximum atomic E-state index is 2.60. The van der Waals surface area contributed by atoms with Gasteiger partial charge in [-0.3, -0.25) is 0 Å². The zero-order valence-corrected chi connectivity index (χ0v) is 22.5. The van der Waals surface area contributed by atoms with Gasteiger partial charge in [0.2, 0.25) is 0 Å². The molecule has 32 heavy (non-hydrogen) atoms. The first-order chi connectivity index (χ1) is 15.8. The second kappa shape index (κ2) is 22.0. The number of hydrogen-bond donors (Lipinski definition) is 0. The molecule has 0 aliphatic rings. The fraction of sp³-hybridized carbons (Fsp3) is 0.900. The van der Waals surface area contributed by atoms with Crippen molar-refractivity contribution in [2.75, 3.05) is 0 Å². The van der Waals surface area contributed by atoms with Gasteiger partial charge in [0, 0.05) is 6.42 Å². The van der Waals surface area contributed by atoms with Crippen molar-refractivity contribution in [1.82, 2.24) is 4.57 Å². The summed E-state index contributed by atoms with van der Waals surface area (Å²) in [7, 11) is 0. The summed E-state index contributed by atoms with van der Waals surface area (Å²) < 4.78 is 5.20. The highest BCUT2D eigenvalue weighted by Gasteiger charge is 2.16. The largest absolute Gasteiger partial charge is 0.256 e. The molecule has 1 aromatic rings. The van der Waals surface area contributed by atoms with E-state index in [0.717, 1.165) is 0 Å². The molecule has 0 aromatic carbocycles. The van der Waals surface area contributed by atoms with Gasteiger partial charge >= 0.3 is 0 Å². The van der Waals surface area contributed by atoms with Crippen molar-refractivity contribution < 1.29 is 4.57 Å². The van der Waals surface area contributed by atoms with Crippen LogP contribution in [0, 0.1) is 0 Å². The summed E-state index contributed by atoms with van der Waals surface area (Å²) in [5.41, 5.74) is 0. The summed E-state index contributed by atoms with van der Waals surface area (Å²) in [4.78, 5) is 0. The Balaban J connectivity index is 2.40. The van der Waals surface area contributed by atoms with Crippen LogP contribution < -0.4 is 4.57 Å². The van der Waals surface area contributed by atoms with Crippen LogP contribution in [0.5, 0.6) is 0 Å². The van der Waals surface area contributed by atoms with Crippen molar-refractivity contribution in [3.8, 4) is 0 Å². The fourth-order valence-corrected chi connectivity index (χ4v) is 4.91. The summed E-state index contributed by atoms with van der Waals surface area (Å²) in [6.07, 6.45) is 35.5. The lowest BCUT2D eigenvalue weighted by molar-refractivity contribution is -0.704. The monoisotopic (exact) mass is 447 g/mol. The van der Waals surface area contributed by atoms with Gasteiger partial charge in [-0.25, -0.2) is 9.13 Å². The Hall–Kier alpha value is -0.790. The number of rotatable bonds is 24. The van der Waals surface area contributed by atoms with Crippen LogP contribution in [0.1, 0.15) is 161 Å². The van der Waals surface area contributed by atoms with Gasteiger partial charge in [0.15, 0.2) is 0 Å². The molecule has 0 bridgehead atoms. The van der Waals surface area contributed by atoms with Gasteiger partial charge in [-0.15, -0.1) is 0 Å². The minimum Gasteiger partial charge on any atom is -0.234 e. The zero-order chi connectivity index (χ0) is 23.1. The second-order valence-electron chi connectivity index (χ2n) is 10.2. The molecule has 0 N–H and O–H groups in total. The number of unbranched alkanes of at least 4 members (excludes halogenated alkanes) is 18. The molecule has 0 saturated carbocycles. The number of aromatic nitrogens is 2. The lowest BCUT2D eigenvalue weighted by Gasteiger charge is -2.07. The molecular weight excluding hydrogens is 388 g/mol. The van der Waals surface area contributed by atoms with Crippen LogP contribution in [0.15, 0.2) is 12.4 Å². The molecule has 2 heteroatoms. The SMILES string of the molecule is CCCCCCCCCCc1n(CCCCCCCC)cc[n+]1CCCCCCCCC. The van der Waals surface area contributed by atoms with Gasteiger partial charge in [0.1, 0.15) is 12.4 Å². The first-order valence-electron chi connectivity index (χ1n) is 14.9. The Labute approximate surface area is 202 Å². The summed E-state index contributed by atoms with van der Waals surface area (Å²) >= 11 is 0. The van der Waals surface area contributed by atoms with Crippen LogP contribution in [-0.4, -0.2) is 4.57 Å². The topological polar surface area (TPSA) is 8.81 Å². The van der Waals surface area contributed by atoms with Gasteiger partial charge in [-0.2, -0.15) is 0 Å². The Morgan fingerprint density at radius 1 is 0.531 bits per heavy atom. The highest BCUT2D eigenvalue weighted by atomic mass is 15.1. The third-order valence-corrected chi connectivity index (χ3v) is 7.10. The van der Waals surface area contributed by atoms with Crippen LogP contribution in [0.3, 0.4) is 0 Å². The quantitative estimate of drug-likeness (QED) is 0.110. The Bertz CT molecular complexity index is 505. The van der Waals surface area contributed by atoms with Gasteiger partial charge < -0.3 is 0 Å². The van der Waals surface area contributed by atoms with Crippen LogP contribution in [0.25, 0.3) is 0 Å². The molecule has 0 aliphatic carbocycles. The van der Waals surface area contributed by atoms with Gasteiger partial charge in [-0.05, 0) is 32.1 Å². The molecule has 1 rings (SSSR count). The normalized spacial score (nSPS) is 11.5. The molecule has 0 fully saturated rings. The van der Waals surface area contributed by atoms with Crippen LogP contribution >= 0.6 is 0 Å². The number of nitrogens with zero attached hydrogens (tertiary/aromatic N) is 2. The first kappa shape index (κ1) is 29.2. The molecule has 0 spiro atoms. The van der Waals surface area contributed by atoms with E-state index in [-0.39, 0.29) is 0 Å². The summed E-state index contributed by atoms with van der Waals surface area (Å²) in [6, 6.07) is 0. The number of aryl methyl sites for hydroxylation is 2. The number of hydrogen-bond acceptors (Lipinski definition) is 0. The van der Waals surface area contributed by atoms with Crippen LogP contribution in [0.2, 0.25) is 0 Å². The summed E-state index contributed by atoms with van der Waals surface area (Å²) in [6.45, 7) is 9.37. The van der Waals surface area contributed by atoms with E-state index in [9.17, 15) is 0 Å². The van der Waals surface area contributed by atoms with E-state index in [1.807, 2.05) is 0 Å². The smallest absolute Gasteiger partial charge is 0.234 e. The van der Waals surface area contributed by atoms with Crippen LogP contribution in [-0.2, 0) is 19.5 Å². The van der Waals surface area contributed by atoms with E-state index in [1.165, 1.54) is 154 Å². The Morgan fingerprint density at radius 3 is 1.50 bits per heavy atom. The highest BCUT2D eigenvalue weighted by molar-refractivity contribution is 4.84. The average Bonchev–Trinajstić information content (AvgIpc) is 3.18. The van der Waals surface area contributed by atoms with Gasteiger partial charge in [0.05, 0.1) is 13.1 Å². The zero-order valence-electron chi connectivity index (χ0n) is 22.5. The van der Waals surface area contributed by atoms with E-state index in [2.05, 4.69) is 42.3 Å². The molecule has 0 atom stereocenters. The van der Waals surface area contributed by atoms with Crippen molar-refractivity contribution in [2.45, 2.75) is 175 Å². The molecule has 0 aliphatic heterocycles. The van der Waals surface area contributed by atoms with Crippen molar-refractivity contribution in [3.63, 3.8) is 0 Å². The maximum absolute atomic E-state index is 2.60. The van der Waals surface area contributed by atoms with Gasteiger partial charge in [-0.1, -0.05) is 124 Å². The van der Waals surface area contributed by atoms with E-state index >= 15 is 0 Å². The fourth-order valence-electron chi connectivity index (χ4n) is 4.91. The average molecular weight is 448 g/mol.